The molecule has 2 aromatic carbocycles. The third kappa shape index (κ3) is 2.61. The van der Waals surface area contributed by atoms with Crippen LogP contribution in [0.1, 0.15) is 10.4 Å². The van der Waals surface area contributed by atoms with Crippen LogP contribution >= 0.6 is 22.9 Å². The van der Waals surface area contributed by atoms with Crippen LogP contribution in [0.2, 0.25) is 5.02 Å². The lowest BCUT2D eigenvalue weighted by Crippen LogP contribution is -1.88. The third-order valence-electron chi connectivity index (χ3n) is 3.14. The van der Waals surface area contributed by atoms with Crippen LogP contribution < -0.4 is 0 Å². The number of hydrogen-bond donors (Lipinski definition) is 1. The first-order valence-electron chi connectivity index (χ1n) is 6.29. The monoisotopic (exact) mass is 333 g/mol. The van der Waals surface area contributed by atoms with Crippen LogP contribution in [-0.2, 0) is 0 Å². The van der Waals surface area contributed by atoms with E-state index in [9.17, 15) is 14.3 Å². The van der Waals surface area contributed by atoms with Crippen LogP contribution in [-0.4, -0.2) is 16.4 Å². The second-order valence-corrected chi connectivity index (χ2v) is 5.99. The van der Waals surface area contributed by atoms with Gasteiger partial charge in [-0.3, -0.25) is 4.79 Å². The normalized spacial score (nSPS) is 10.6. The van der Waals surface area contributed by atoms with Crippen LogP contribution in [0, 0.1) is 5.82 Å². The van der Waals surface area contributed by atoms with E-state index in [-0.39, 0.29) is 11.1 Å². The summed E-state index contributed by atoms with van der Waals surface area (Å²) in [7, 11) is 0. The van der Waals surface area contributed by atoms with Crippen LogP contribution in [0.25, 0.3) is 21.0 Å². The van der Waals surface area contributed by atoms with Gasteiger partial charge in [0, 0.05) is 22.3 Å². The van der Waals surface area contributed by atoms with Gasteiger partial charge in [0.2, 0.25) is 0 Å². The number of benzene rings is 2. The highest BCUT2D eigenvalue weighted by Crippen LogP contribution is 2.36. The Kier molecular flexibility index (Phi) is 3.92. The van der Waals surface area contributed by atoms with Crippen LogP contribution in [0.3, 0.4) is 0 Å². The lowest BCUT2D eigenvalue weighted by atomic mass is 10.1. The van der Waals surface area contributed by atoms with Gasteiger partial charge in [-0.15, -0.1) is 11.3 Å². The highest BCUT2D eigenvalue weighted by Gasteiger charge is 2.16. The average Bonchev–Trinajstić information content (AvgIpc) is 3.00. The van der Waals surface area contributed by atoms with E-state index < -0.39 is 11.6 Å². The van der Waals surface area contributed by atoms with Gasteiger partial charge < -0.3 is 5.11 Å². The molecular weight excluding hydrogens is 325 g/mol. The molecule has 0 amide bonds. The molecule has 0 aliphatic carbocycles. The van der Waals surface area contributed by atoms with Crippen molar-refractivity contribution in [2.45, 2.75) is 0 Å². The van der Waals surface area contributed by atoms with E-state index in [1.165, 1.54) is 29.7 Å². The third-order valence-corrected chi connectivity index (χ3v) is 4.47. The molecule has 3 rings (SSSR count). The predicted molar refractivity (Wildman–Crippen MR) is 85.0 cm³/mol. The second kappa shape index (κ2) is 5.87. The Balaban J connectivity index is 2.02. The topological polar surface area (TPSA) is 50.2 Å². The van der Waals surface area contributed by atoms with Gasteiger partial charge in [-0.25, -0.2) is 9.37 Å². The zero-order chi connectivity index (χ0) is 15.7. The molecule has 1 heterocycles. The first-order chi connectivity index (χ1) is 10.6. The molecule has 6 heteroatoms. The number of thiazole rings is 1. The van der Waals surface area contributed by atoms with E-state index >= 15 is 0 Å². The van der Waals surface area contributed by atoms with Gasteiger partial charge in [0.25, 0.3) is 0 Å². The lowest BCUT2D eigenvalue weighted by Gasteiger charge is -2.03. The summed E-state index contributed by atoms with van der Waals surface area (Å²) >= 11 is 7.13. The van der Waals surface area contributed by atoms with E-state index in [0.717, 1.165) is 5.56 Å². The zero-order valence-electron chi connectivity index (χ0n) is 11.1. The first-order valence-corrected chi connectivity index (χ1v) is 7.48. The van der Waals surface area contributed by atoms with Crippen molar-refractivity contribution in [3.8, 4) is 26.8 Å². The average molecular weight is 334 g/mol. The smallest absolute Gasteiger partial charge is 0.174 e. The van der Waals surface area contributed by atoms with E-state index in [1.54, 1.807) is 12.1 Å². The Hall–Kier alpha value is -2.24. The van der Waals surface area contributed by atoms with Crippen LogP contribution in [0.5, 0.6) is 5.75 Å². The molecule has 0 aliphatic heterocycles. The molecule has 0 saturated heterocycles. The molecule has 0 spiro atoms. The van der Waals surface area contributed by atoms with E-state index in [4.69, 9.17) is 11.6 Å². The molecule has 1 aromatic heterocycles. The fraction of sp³-hybridized carbons (Fsp3) is 0. The minimum Gasteiger partial charge on any atom is -0.504 e. The van der Waals surface area contributed by atoms with Gasteiger partial charge in [-0.05, 0) is 24.3 Å². The number of carbonyl (C=O) groups excluding carboxylic acids is 1. The quantitative estimate of drug-likeness (QED) is 0.701. The first kappa shape index (κ1) is 14.7. The number of hydrogen-bond acceptors (Lipinski definition) is 4. The van der Waals surface area contributed by atoms with Crippen LogP contribution in [0.4, 0.5) is 4.39 Å². The van der Waals surface area contributed by atoms with E-state index in [2.05, 4.69) is 4.98 Å². The summed E-state index contributed by atoms with van der Waals surface area (Å²) in [5.74, 6) is -1.47. The van der Waals surface area contributed by atoms with Crippen molar-refractivity contribution in [2.24, 2.45) is 0 Å². The summed E-state index contributed by atoms with van der Waals surface area (Å²) in [6.07, 6.45) is 1.95. The molecule has 0 bridgehead atoms. The number of halogens is 2. The summed E-state index contributed by atoms with van der Waals surface area (Å²) < 4.78 is 14.2. The molecule has 3 nitrogen and oxygen atoms in total. The summed E-state index contributed by atoms with van der Waals surface area (Å²) in [6, 6.07) is 10.00. The fourth-order valence-electron chi connectivity index (χ4n) is 1.99. The van der Waals surface area contributed by atoms with Gasteiger partial charge in [0.1, 0.15) is 5.01 Å². The number of phenols is 1. The molecule has 22 heavy (non-hydrogen) atoms. The number of nitrogens with zero attached hydrogens (tertiary/aromatic N) is 1. The highest BCUT2D eigenvalue weighted by atomic mass is 35.5. The Morgan fingerprint density at radius 2 is 1.91 bits per heavy atom. The molecule has 0 aliphatic rings. The van der Waals surface area contributed by atoms with Crippen molar-refractivity contribution in [1.82, 2.24) is 4.98 Å². The van der Waals surface area contributed by atoms with Gasteiger partial charge in [0.15, 0.2) is 17.9 Å². The number of phenolic OH excluding ortho intramolecular Hbond substituents is 1. The van der Waals surface area contributed by atoms with Crippen molar-refractivity contribution in [2.75, 3.05) is 0 Å². The molecular formula is C16H9ClFNO2S. The maximum Gasteiger partial charge on any atom is 0.174 e. The Labute approximate surface area is 134 Å². The van der Waals surface area contributed by atoms with Crippen molar-refractivity contribution >= 4 is 29.2 Å². The largest absolute Gasteiger partial charge is 0.504 e. The minimum atomic E-state index is -0.823. The predicted octanol–water partition coefficient (Wildman–Crippen LogP) is 4.79. The Morgan fingerprint density at radius 1 is 1.18 bits per heavy atom. The van der Waals surface area contributed by atoms with E-state index in [0.29, 0.717) is 21.2 Å². The standard InChI is InChI=1S/C16H9ClFNO2S/c17-11-4-1-9(2-5-11)16-19-7-13(22-16)12-6-3-10(8-20)15(21)14(12)18/h1-8,21H. The van der Waals surface area contributed by atoms with Crippen LogP contribution in [0.15, 0.2) is 42.6 Å². The van der Waals surface area contributed by atoms with Crippen molar-refractivity contribution in [3.63, 3.8) is 0 Å². The highest BCUT2D eigenvalue weighted by molar-refractivity contribution is 7.18. The summed E-state index contributed by atoms with van der Waals surface area (Å²) in [5, 5.41) is 11.0. The van der Waals surface area contributed by atoms with Gasteiger partial charge in [-0.1, -0.05) is 23.7 Å². The SMILES string of the molecule is O=Cc1ccc(-c2cnc(-c3ccc(Cl)cc3)s2)c(F)c1O. The molecule has 110 valence electrons. The van der Waals surface area contributed by atoms with Crippen molar-refractivity contribution in [3.05, 3.63) is 59.0 Å². The molecule has 3 aromatic rings. The van der Waals surface area contributed by atoms with Gasteiger partial charge >= 0.3 is 0 Å². The molecule has 0 unspecified atom stereocenters. The van der Waals surface area contributed by atoms with Gasteiger partial charge in [0.05, 0.1) is 10.4 Å². The van der Waals surface area contributed by atoms with Crippen molar-refractivity contribution < 1.29 is 14.3 Å². The molecule has 0 fully saturated rings. The molecule has 0 atom stereocenters. The summed E-state index contributed by atoms with van der Waals surface area (Å²) in [6.45, 7) is 0. The summed E-state index contributed by atoms with van der Waals surface area (Å²) in [5.41, 5.74) is 0.999. The number of aldehydes is 1. The number of aromatic hydroxyl groups is 1. The van der Waals surface area contributed by atoms with Gasteiger partial charge in [-0.2, -0.15) is 0 Å². The lowest BCUT2D eigenvalue weighted by molar-refractivity contribution is 0.112. The van der Waals surface area contributed by atoms with Crippen molar-refractivity contribution in [1.29, 1.82) is 0 Å². The van der Waals surface area contributed by atoms with E-state index in [1.807, 2.05) is 12.1 Å². The summed E-state index contributed by atoms with van der Waals surface area (Å²) in [4.78, 5) is 15.5. The molecule has 0 saturated carbocycles. The molecule has 0 radical (unpaired) electrons. The number of aromatic nitrogens is 1. The molecule has 1 N–H and O–H groups in total. The fourth-order valence-corrected chi connectivity index (χ4v) is 3.06. The Morgan fingerprint density at radius 3 is 2.59 bits per heavy atom. The zero-order valence-corrected chi connectivity index (χ0v) is 12.7. The Bertz CT molecular complexity index is 846. The minimum absolute atomic E-state index is 0.0799. The maximum absolute atomic E-state index is 14.2. The maximum atomic E-state index is 14.2. The number of carbonyl (C=O) groups is 1. The number of rotatable bonds is 3. The second-order valence-electron chi connectivity index (χ2n) is 4.52.